The molecule has 3 aromatic heterocycles. The molecule has 0 saturated heterocycles. The lowest BCUT2D eigenvalue weighted by Gasteiger charge is -1.97. The molecule has 0 aromatic carbocycles. The lowest BCUT2D eigenvalue weighted by Crippen LogP contribution is -1.85. The maximum absolute atomic E-state index is 6.61. The average Bonchev–Trinajstić information content (AvgIpc) is 3.48. The van der Waals surface area contributed by atoms with Gasteiger partial charge in [-0.05, 0) is 24.3 Å². The molecule has 12 heteroatoms. The van der Waals surface area contributed by atoms with Gasteiger partial charge in [0.1, 0.15) is 17.1 Å². The Bertz CT molecular complexity index is 1560. The van der Waals surface area contributed by atoms with Gasteiger partial charge in [-0.25, -0.2) is 9.97 Å². The van der Waals surface area contributed by atoms with Gasteiger partial charge < -0.3 is 9.97 Å². The zero-order chi connectivity index (χ0) is 22.9. The fourth-order valence-electron chi connectivity index (χ4n) is 3.24. The van der Waals surface area contributed by atoms with Gasteiger partial charge in [0, 0.05) is 11.0 Å². The number of hydrogen-bond donors (Lipinski definition) is 2. The normalized spacial score (nSPS) is 14.0. The Hall–Kier alpha value is -1.08. The van der Waals surface area contributed by atoms with Crippen LogP contribution < -0.4 is 0 Å². The molecule has 0 saturated carbocycles. The van der Waals surface area contributed by atoms with Crippen molar-refractivity contribution in [2.45, 2.75) is 0 Å². The van der Waals surface area contributed by atoms with Crippen LogP contribution in [0.1, 0.15) is 22.8 Å². The third kappa shape index (κ3) is 3.53. The number of aromatic nitrogens is 4. The highest BCUT2D eigenvalue weighted by molar-refractivity contribution is 6.68. The molecule has 5 rings (SSSR count). The third-order valence-corrected chi connectivity index (χ3v) is 8.04. The molecule has 0 atom stereocenters. The smallest absolute Gasteiger partial charge is 0.105 e. The van der Waals surface area contributed by atoms with Crippen molar-refractivity contribution in [3.8, 4) is 0 Å². The molecule has 0 radical (unpaired) electrons. The van der Waals surface area contributed by atoms with Crippen LogP contribution in [0.3, 0.4) is 0 Å². The Morgan fingerprint density at radius 3 is 1.78 bits per heavy atom. The summed E-state index contributed by atoms with van der Waals surface area (Å²) in [6.45, 7) is 0. The van der Waals surface area contributed by atoms with Crippen LogP contribution in [0.4, 0.5) is 0 Å². The van der Waals surface area contributed by atoms with Gasteiger partial charge in [-0.15, -0.1) is 0 Å². The Morgan fingerprint density at radius 1 is 0.531 bits per heavy atom. The minimum atomic E-state index is 0.0584. The molecule has 5 heterocycles. The number of nitrogens with one attached hydrogen (secondary N) is 2. The van der Waals surface area contributed by atoms with Crippen molar-refractivity contribution < 1.29 is 0 Å². The number of hydrogen-bond acceptors (Lipinski definition) is 2. The fourth-order valence-corrected chi connectivity index (χ4v) is 5.30. The first-order valence-corrected chi connectivity index (χ1v) is 11.7. The summed E-state index contributed by atoms with van der Waals surface area (Å²) in [7, 11) is 0. The van der Waals surface area contributed by atoms with E-state index >= 15 is 0 Å². The molecule has 0 fully saturated rings. The number of rotatable bonds is 0. The number of H-pyrrole nitrogens is 2. The largest absolute Gasteiger partial charge is 0.355 e. The second kappa shape index (κ2) is 8.30. The standard InChI is InChI=1S/C20H6Cl8N4/c21-9-7-3-5-1-2-6(29-5)4-8-10(22)12(24)18(31-8)16(28)20-14(26)13(25)19(32-20)15(27)17(30-7)11(9)23/h1-4,29-30H. The summed E-state index contributed by atoms with van der Waals surface area (Å²) in [5.41, 5.74) is 3.22. The van der Waals surface area contributed by atoms with Crippen molar-refractivity contribution in [1.82, 2.24) is 19.9 Å². The molecule has 3 aromatic rings. The van der Waals surface area contributed by atoms with Crippen LogP contribution in [0, 0.1) is 0 Å². The topological polar surface area (TPSA) is 57.4 Å². The summed E-state index contributed by atoms with van der Waals surface area (Å²) in [5, 5.41) is 1.18. The predicted octanol–water partition coefficient (Wildman–Crippen LogP) is 9.54. The SMILES string of the molecule is ClC1=C(Cl)c2nc1cc1ccc(cc3[nH]c(c(Cl)c4nc(c2Cl)C(Cl)=C4Cl)c(Cl)c3Cl)[nH]1. The first-order valence-electron chi connectivity index (χ1n) is 8.72. The van der Waals surface area contributed by atoms with Crippen LogP contribution in [-0.2, 0) is 0 Å². The van der Waals surface area contributed by atoms with Crippen molar-refractivity contribution in [3.63, 3.8) is 0 Å². The van der Waals surface area contributed by atoms with E-state index in [-0.39, 0.29) is 57.3 Å². The fraction of sp³-hybridized carbons (Fsp3) is 0. The summed E-state index contributed by atoms with van der Waals surface area (Å²) < 4.78 is 0. The first-order chi connectivity index (χ1) is 15.2. The van der Waals surface area contributed by atoms with Gasteiger partial charge in [0.2, 0.25) is 0 Å². The molecule has 0 amide bonds. The number of fused-ring (bicyclic) bond motifs is 8. The van der Waals surface area contributed by atoms with E-state index in [1.165, 1.54) is 0 Å². The van der Waals surface area contributed by atoms with E-state index in [1.54, 1.807) is 12.1 Å². The summed E-state index contributed by atoms with van der Waals surface area (Å²) in [6, 6.07) is 7.18. The molecule has 2 aliphatic heterocycles. The molecule has 0 spiro atoms. The van der Waals surface area contributed by atoms with E-state index in [0.717, 1.165) is 11.0 Å². The summed E-state index contributed by atoms with van der Waals surface area (Å²) in [5.74, 6) is 0. The van der Waals surface area contributed by atoms with E-state index < -0.39 is 0 Å². The Morgan fingerprint density at radius 2 is 1.09 bits per heavy atom. The predicted molar refractivity (Wildman–Crippen MR) is 138 cm³/mol. The van der Waals surface area contributed by atoms with E-state index in [0.29, 0.717) is 16.7 Å². The highest BCUT2D eigenvalue weighted by Gasteiger charge is 2.27. The van der Waals surface area contributed by atoms with E-state index in [2.05, 4.69) is 19.9 Å². The monoisotopic (exact) mass is 582 g/mol. The molecule has 162 valence electrons. The lowest BCUT2D eigenvalue weighted by molar-refractivity contribution is 1.27. The second-order valence-corrected chi connectivity index (χ2v) is 9.76. The van der Waals surface area contributed by atoms with E-state index in [4.69, 9.17) is 92.8 Å². The quantitative estimate of drug-likeness (QED) is 0.276. The van der Waals surface area contributed by atoms with Crippen LogP contribution in [0.2, 0.25) is 20.1 Å². The lowest BCUT2D eigenvalue weighted by atomic mass is 10.3. The van der Waals surface area contributed by atoms with Gasteiger partial charge in [-0.1, -0.05) is 92.8 Å². The van der Waals surface area contributed by atoms with Gasteiger partial charge in [0.25, 0.3) is 0 Å². The van der Waals surface area contributed by atoms with Gasteiger partial charge in [0.15, 0.2) is 0 Å². The molecule has 4 nitrogen and oxygen atoms in total. The summed E-state index contributed by atoms with van der Waals surface area (Å²) >= 11 is 51.8. The van der Waals surface area contributed by atoms with Crippen LogP contribution >= 0.6 is 92.8 Å². The Kier molecular flexibility index (Phi) is 5.89. The summed E-state index contributed by atoms with van der Waals surface area (Å²) in [4.78, 5) is 15.2. The van der Waals surface area contributed by atoms with Crippen molar-refractivity contribution in [3.05, 3.63) is 67.1 Å². The maximum atomic E-state index is 6.61. The van der Waals surface area contributed by atoms with Crippen LogP contribution in [-0.4, -0.2) is 19.9 Å². The Labute approximate surface area is 220 Å². The molecule has 32 heavy (non-hydrogen) atoms. The molecule has 8 bridgehead atoms. The molecular weight excluding hydrogens is 580 g/mol. The average molecular weight is 586 g/mol. The van der Waals surface area contributed by atoms with Crippen molar-refractivity contribution in [2.75, 3.05) is 0 Å². The third-order valence-electron chi connectivity index (χ3n) is 4.76. The minimum Gasteiger partial charge on any atom is -0.355 e. The van der Waals surface area contributed by atoms with Gasteiger partial charge >= 0.3 is 0 Å². The first kappa shape index (κ1) is 22.7. The van der Waals surface area contributed by atoms with Gasteiger partial charge in [0.05, 0.1) is 56.9 Å². The maximum Gasteiger partial charge on any atom is 0.105 e. The molecule has 2 aliphatic rings. The van der Waals surface area contributed by atoms with Crippen molar-refractivity contribution in [1.29, 1.82) is 0 Å². The highest BCUT2D eigenvalue weighted by Crippen LogP contribution is 2.46. The highest BCUT2D eigenvalue weighted by atomic mass is 35.5. The molecule has 0 unspecified atom stereocenters. The van der Waals surface area contributed by atoms with Crippen LogP contribution in [0.15, 0.2) is 24.3 Å². The van der Waals surface area contributed by atoms with Gasteiger partial charge in [-0.2, -0.15) is 0 Å². The number of aromatic amines is 2. The van der Waals surface area contributed by atoms with Crippen molar-refractivity contribution in [2.24, 2.45) is 0 Å². The zero-order valence-corrected chi connectivity index (χ0v) is 21.3. The second-order valence-electron chi connectivity index (χ2n) is 6.74. The van der Waals surface area contributed by atoms with Crippen molar-refractivity contribution >= 4 is 135 Å². The molecule has 2 N–H and O–H groups in total. The van der Waals surface area contributed by atoms with E-state index in [9.17, 15) is 0 Å². The molecular formula is C20H6Cl8N4. The van der Waals surface area contributed by atoms with Crippen LogP contribution in [0.5, 0.6) is 0 Å². The molecule has 0 aliphatic carbocycles. The summed E-state index contributed by atoms with van der Waals surface area (Å²) in [6.07, 6.45) is 0. The van der Waals surface area contributed by atoms with Crippen LogP contribution in [0.25, 0.3) is 42.2 Å². The number of nitrogens with zero attached hydrogens (tertiary/aromatic N) is 2. The zero-order valence-electron chi connectivity index (χ0n) is 15.2. The van der Waals surface area contributed by atoms with E-state index in [1.807, 2.05) is 12.1 Å². The minimum absolute atomic E-state index is 0.0584. The number of halogens is 8. The van der Waals surface area contributed by atoms with Gasteiger partial charge in [-0.3, -0.25) is 0 Å². The Balaban J connectivity index is 2.03.